The SMILES string of the molecule is Cn1c(C#CC(C)(C)N)nc(-c2ccccc2)c1-c1nc2c(N)ncnc2s1. The van der Waals surface area contributed by atoms with Crippen molar-refractivity contribution in [1.82, 2.24) is 24.5 Å². The molecule has 0 fully saturated rings. The molecule has 0 aliphatic carbocycles. The van der Waals surface area contributed by atoms with E-state index in [2.05, 4.69) is 26.8 Å². The monoisotopic (exact) mass is 389 g/mol. The first kappa shape index (κ1) is 18.1. The standard InChI is InChI=1S/C20H19N7S/c1-20(2,22)10-9-13-25-14(12-7-5-4-6-8-12)16(27(13)3)19-26-15-17(21)23-11-24-18(15)28-19/h4-8,11H,22H2,1-3H3,(H2,21,23,24). The van der Waals surface area contributed by atoms with Crippen LogP contribution in [-0.2, 0) is 7.05 Å². The van der Waals surface area contributed by atoms with Gasteiger partial charge in [-0.3, -0.25) is 0 Å². The Morgan fingerprint density at radius 3 is 2.54 bits per heavy atom. The molecule has 4 rings (SSSR count). The maximum Gasteiger partial charge on any atom is 0.186 e. The van der Waals surface area contributed by atoms with Gasteiger partial charge in [-0.15, -0.1) is 0 Å². The molecule has 4 N–H and O–H groups in total. The first-order chi connectivity index (χ1) is 13.3. The Morgan fingerprint density at radius 1 is 1.11 bits per heavy atom. The van der Waals surface area contributed by atoms with E-state index in [0.717, 1.165) is 26.8 Å². The summed E-state index contributed by atoms with van der Waals surface area (Å²) in [7, 11) is 1.92. The molecular formula is C20H19N7S. The Bertz CT molecular complexity index is 1220. The van der Waals surface area contributed by atoms with Gasteiger partial charge in [0.15, 0.2) is 11.6 Å². The number of thiazole rings is 1. The molecule has 0 atom stereocenters. The number of anilines is 1. The second-order valence-electron chi connectivity index (χ2n) is 6.96. The molecule has 0 bridgehead atoms. The highest BCUT2D eigenvalue weighted by molar-refractivity contribution is 7.21. The van der Waals surface area contributed by atoms with Gasteiger partial charge in [-0.05, 0) is 19.8 Å². The molecule has 0 radical (unpaired) electrons. The molecule has 0 aliphatic heterocycles. The van der Waals surface area contributed by atoms with Gasteiger partial charge in [0, 0.05) is 12.6 Å². The van der Waals surface area contributed by atoms with E-state index in [4.69, 9.17) is 16.5 Å². The zero-order valence-corrected chi connectivity index (χ0v) is 16.6. The summed E-state index contributed by atoms with van der Waals surface area (Å²) in [6.45, 7) is 3.72. The van der Waals surface area contributed by atoms with Gasteiger partial charge in [-0.1, -0.05) is 47.6 Å². The van der Waals surface area contributed by atoms with Crippen LogP contribution in [0.3, 0.4) is 0 Å². The number of nitrogens with zero attached hydrogens (tertiary/aromatic N) is 5. The summed E-state index contributed by atoms with van der Waals surface area (Å²) < 4.78 is 1.93. The van der Waals surface area contributed by atoms with Crippen molar-refractivity contribution in [3.05, 3.63) is 42.5 Å². The van der Waals surface area contributed by atoms with Gasteiger partial charge < -0.3 is 16.0 Å². The predicted molar refractivity (Wildman–Crippen MR) is 112 cm³/mol. The number of hydrogen-bond acceptors (Lipinski definition) is 7. The Balaban J connectivity index is 1.97. The van der Waals surface area contributed by atoms with Crippen LogP contribution in [0.15, 0.2) is 36.7 Å². The molecule has 28 heavy (non-hydrogen) atoms. The zero-order valence-electron chi connectivity index (χ0n) is 15.8. The number of nitrogen functional groups attached to an aromatic ring is 1. The van der Waals surface area contributed by atoms with E-state index in [0.29, 0.717) is 17.2 Å². The Hall–Kier alpha value is -3.28. The van der Waals surface area contributed by atoms with E-state index >= 15 is 0 Å². The van der Waals surface area contributed by atoms with Crippen LogP contribution in [0.1, 0.15) is 19.7 Å². The third kappa shape index (κ3) is 3.33. The van der Waals surface area contributed by atoms with E-state index in [1.807, 2.05) is 55.8 Å². The molecule has 3 heterocycles. The van der Waals surface area contributed by atoms with Crippen LogP contribution in [-0.4, -0.2) is 30.0 Å². The fourth-order valence-electron chi connectivity index (χ4n) is 2.74. The first-order valence-corrected chi connectivity index (χ1v) is 9.47. The van der Waals surface area contributed by atoms with E-state index in [1.54, 1.807) is 0 Å². The average Bonchev–Trinajstić information content (AvgIpc) is 3.22. The van der Waals surface area contributed by atoms with Gasteiger partial charge in [-0.25, -0.2) is 19.9 Å². The fourth-order valence-corrected chi connectivity index (χ4v) is 3.74. The van der Waals surface area contributed by atoms with E-state index in [1.165, 1.54) is 17.7 Å². The Kier molecular flexibility index (Phi) is 4.34. The molecule has 8 heteroatoms. The minimum atomic E-state index is -0.612. The van der Waals surface area contributed by atoms with Crippen LogP contribution in [0.2, 0.25) is 0 Å². The minimum Gasteiger partial charge on any atom is -0.382 e. The molecule has 0 saturated heterocycles. The van der Waals surface area contributed by atoms with Crippen molar-refractivity contribution >= 4 is 27.5 Å². The molecule has 0 aliphatic rings. The summed E-state index contributed by atoms with van der Waals surface area (Å²) >= 11 is 1.45. The van der Waals surface area contributed by atoms with Crippen LogP contribution in [0.4, 0.5) is 5.82 Å². The van der Waals surface area contributed by atoms with Crippen LogP contribution >= 0.6 is 11.3 Å². The number of aromatic nitrogens is 5. The third-order valence-corrected chi connectivity index (χ3v) is 5.04. The molecule has 140 valence electrons. The van der Waals surface area contributed by atoms with Gasteiger partial charge in [0.1, 0.15) is 33.1 Å². The molecule has 4 aromatic rings. The summed E-state index contributed by atoms with van der Waals surface area (Å²) in [5.74, 6) is 7.12. The average molecular weight is 389 g/mol. The summed E-state index contributed by atoms with van der Waals surface area (Å²) in [6, 6.07) is 9.94. The molecule has 0 amide bonds. The van der Waals surface area contributed by atoms with Crippen LogP contribution in [0.25, 0.3) is 32.3 Å². The van der Waals surface area contributed by atoms with Crippen molar-refractivity contribution in [3.8, 4) is 33.8 Å². The topological polar surface area (TPSA) is 109 Å². The van der Waals surface area contributed by atoms with Gasteiger partial charge in [0.25, 0.3) is 0 Å². The van der Waals surface area contributed by atoms with Gasteiger partial charge >= 0.3 is 0 Å². The molecule has 1 aromatic carbocycles. The molecule has 0 spiro atoms. The van der Waals surface area contributed by atoms with Gasteiger partial charge in [0.2, 0.25) is 0 Å². The first-order valence-electron chi connectivity index (χ1n) is 8.65. The van der Waals surface area contributed by atoms with Crippen molar-refractivity contribution in [1.29, 1.82) is 0 Å². The molecular weight excluding hydrogens is 370 g/mol. The second kappa shape index (κ2) is 6.71. The van der Waals surface area contributed by atoms with E-state index < -0.39 is 5.54 Å². The molecule has 0 saturated carbocycles. The number of nitrogens with two attached hydrogens (primary N) is 2. The molecule has 3 aromatic heterocycles. The highest BCUT2D eigenvalue weighted by atomic mass is 32.1. The maximum atomic E-state index is 6.02. The highest BCUT2D eigenvalue weighted by Gasteiger charge is 2.21. The maximum absolute atomic E-state index is 6.02. The number of hydrogen-bond donors (Lipinski definition) is 2. The zero-order chi connectivity index (χ0) is 19.9. The van der Waals surface area contributed by atoms with Crippen molar-refractivity contribution in [2.75, 3.05) is 5.73 Å². The number of fused-ring (bicyclic) bond motifs is 1. The summed E-state index contributed by atoms with van der Waals surface area (Å²) in [6.07, 6.45) is 1.45. The predicted octanol–water partition coefficient (Wildman–Crippen LogP) is 2.82. The quantitative estimate of drug-likeness (QED) is 0.510. The van der Waals surface area contributed by atoms with Crippen molar-refractivity contribution < 1.29 is 0 Å². The molecule has 7 nitrogen and oxygen atoms in total. The Morgan fingerprint density at radius 2 is 1.86 bits per heavy atom. The van der Waals surface area contributed by atoms with Gasteiger partial charge in [-0.2, -0.15) is 0 Å². The smallest absolute Gasteiger partial charge is 0.186 e. The van der Waals surface area contributed by atoms with Crippen molar-refractivity contribution in [2.45, 2.75) is 19.4 Å². The van der Waals surface area contributed by atoms with Crippen molar-refractivity contribution in [2.24, 2.45) is 12.8 Å². The number of benzene rings is 1. The lowest BCUT2D eigenvalue weighted by Crippen LogP contribution is -2.29. The van der Waals surface area contributed by atoms with E-state index in [-0.39, 0.29) is 0 Å². The third-order valence-electron chi connectivity index (χ3n) is 4.07. The van der Waals surface area contributed by atoms with Crippen molar-refractivity contribution in [3.63, 3.8) is 0 Å². The number of imidazole rings is 1. The summed E-state index contributed by atoms with van der Waals surface area (Å²) in [4.78, 5) is 18.5. The lowest BCUT2D eigenvalue weighted by atomic mass is 10.1. The van der Waals surface area contributed by atoms with Crippen LogP contribution in [0.5, 0.6) is 0 Å². The largest absolute Gasteiger partial charge is 0.382 e. The highest BCUT2D eigenvalue weighted by Crippen LogP contribution is 2.36. The lowest BCUT2D eigenvalue weighted by Gasteiger charge is -2.07. The summed E-state index contributed by atoms with van der Waals surface area (Å²) in [5.41, 5.74) is 14.6. The summed E-state index contributed by atoms with van der Waals surface area (Å²) in [5, 5.41) is 0.760. The van der Waals surface area contributed by atoms with E-state index in [9.17, 15) is 0 Å². The molecule has 0 unspecified atom stereocenters. The van der Waals surface area contributed by atoms with Crippen LogP contribution in [0, 0.1) is 11.8 Å². The minimum absolute atomic E-state index is 0.362. The normalized spacial score (nSPS) is 11.4. The lowest BCUT2D eigenvalue weighted by molar-refractivity contribution is 0.680. The van der Waals surface area contributed by atoms with Crippen LogP contribution < -0.4 is 11.5 Å². The Labute approximate surface area is 166 Å². The fraction of sp³-hybridized carbons (Fsp3) is 0.200. The number of rotatable bonds is 2. The van der Waals surface area contributed by atoms with Gasteiger partial charge in [0.05, 0.1) is 5.54 Å². The second-order valence-corrected chi connectivity index (χ2v) is 7.94.